The van der Waals surface area contributed by atoms with Gasteiger partial charge in [0.25, 0.3) is 0 Å². The number of sulfone groups is 1. The molecule has 0 N–H and O–H groups in total. The molecule has 1 heterocycles. The molecule has 0 atom stereocenters. The highest BCUT2D eigenvalue weighted by atomic mass is 32.2. The number of aromatic nitrogens is 1. The summed E-state index contributed by atoms with van der Waals surface area (Å²) in [5.74, 6) is 0.361. The van der Waals surface area contributed by atoms with Gasteiger partial charge in [-0.1, -0.05) is 6.07 Å². The zero-order valence-corrected chi connectivity index (χ0v) is 14.1. The molecule has 8 heteroatoms. The molecule has 1 aromatic heterocycles. The Morgan fingerprint density at radius 3 is 2.77 bits per heavy atom. The van der Waals surface area contributed by atoms with E-state index in [1.54, 1.807) is 24.6 Å². The van der Waals surface area contributed by atoms with Crippen LogP contribution in [0.25, 0.3) is 0 Å². The number of hydrogen-bond acceptors (Lipinski definition) is 6. The largest absolute Gasteiger partial charge is 0.487 e. The normalized spacial score (nSPS) is 11.2. The van der Waals surface area contributed by atoms with Crippen molar-refractivity contribution in [3.05, 3.63) is 35.3 Å². The SMILES string of the molecule is CC(=O)N(C)c1nc(COc2cccc(S(C)(=O)=O)c2)cs1. The highest BCUT2D eigenvalue weighted by molar-refractivity contribution is 7.90. The molecule has 0 aliphatic heterocycles. The lowest BCUT2D eigenvalue weighted by molar-refractivity contribution is -0.116. The van der Waals surface area contributed by atoms with Crippen LogP contribution in [0.4, 0.5) is 5.13 Å². The van der Waals surface area contributed by atoms with E-state index in [2.05, 4.69) is 4.98 Å². The molecule has 0 aliphatic rings. The second kappa shape index (κ2) is 6.45. The minimum Gasteiger partial charge on any atom is -0.487 e. The van der Waals surface area contributed by atoms with Crippen molar-refractivity contribution >= 4 is 32.2 Å². The first-order valence-electron chi connectivity index (χ1n) is 6.39. The van der Waals surface area contributed by atoms with Crippen LogP contribution in [0.15, 0.2) is 34.5 Å². The molecule has 0 spiro atoms. The van der Waals surface area contributed by atoms with Crippen LogP contribution in [0.1, 0.15) is 12.6 Å². The van der Waals surface area contributed by atoms with E-state index >= 15 is 0 Å². The quantitative estimate of drug-likeness (QED) is 0.833. The molecule has 118 valence electrons. The first kappa shape index (κ1) is 16.4. The third kappa shape index (κ3) is 4.05. The van der Waals surface area contributed by atoms with Gasteiger partial charge in [0.1, 0.15) is 12.4 Å². The van der Waals surface area contributed by atoms with Crippen molar-refractivity contribution in [2.75, 3.05) is 18.2 Å². The van der Waals surface area contributed by atoms with Crippen LogP contribution in [-0.4, -0.2) is 32.6 Å². The molecule has 0 bridgehead atoms. The lowest BCUT2D eigenvalue weighted by Gasteiger charge is -2.09. The highest BCUT2D eigenvalue weighted by Crippen LogP contribution is 2.22. The fourth-order valence-electron chi connectivity index (χ4n) is 1.60. The Morgan fingerprint density at radius 2 is 2.14 bits per heavy atom. The van der Waals surface area contributed by atoms with Crippen molar-refractivity contribution in [3.63, 3.8) is 0 Å². The number of nitrogens with zero attached hydrogens (tertiary/aromatic N) is 2. The minimum absolute atomic E-state index is 0.0947. The summed E-state index contributed by atoms with van der Waals surface area (Å²) in [5.41, 5.74) is 0.679. The van der Waals surface area contributed by atoms with E-state index < -0.39 is 9.84 Å². The molecule has 2 rings (SSSR count). The Labute approximate surface area is 133 Å². The van der Waals surface area contributed by atoms with E-state index in [4.69, 9.17) is 4.74 Å². The first-order valence-corrected chi connectivity index (χ1v) is 9.16. The fourth-order valence-corrected chi connectivity index (χ4v) is 3.08. The number of benzene rings is 1. The van der Waals surface area contributed by atoms with Gasteiger partial charge in [-0.05, 0) is 18.2 Å². The number of carbonyl (C=O) groups is 1. The van der Waals surface area contributed by atoms with Gasteiger partial charge in [0, 0.05) is 25.6 Å². The first-order chi connectivity index (χ1) is 10.3. The van der Waals surface area contributed by atoms with Crippen LogP contribution in [0.2, 0.25) is 0 Å². The molecule has 0 fully saturated rings. The van der Waals surface area contributed by atoms with Crippen molar-refractivity contribution in [2.24, 2.45) is 0 Å². The van der Waals surface area contributed by atoms with Gasteiger partial charge < -0.3 is 4.74 Å². The molecular formula is C14H16N2O4S2. The molecule has 1 amide bonds. The predicted octanol–water partition coefficient (Wildman–Crippen LogP) is 2.11. The summed E-state index contributed by atoms with van der Waals surface area (Å²) in [5, 5.41) is 2.39. The van der Waals surface area contributed by atoms with Gasteiger partial charge in [-0.15, -0.1) is 11.3 Å². The Hall–Kier alpha value is -1.93. The molecule has 0 saturated carbocycles. The van der Waals surface area contributed by atoms with Gasteiger partial charge in [0.2, 0.25) is 5.91 Å². The summed E-state index contributed by atoms with van der Waals surface area (Å²) in [7, 11) is -1.61. The molecular weight excluding hydrogens is 324 g/mol. The lowest BCUT2D eigenvalue weighted by Crippen LogP contribution is -2.22. The van der Waals surface area contributed by atoms with E-state index in [0.29, 0.717) is 16.6 Å². The number of carbonyl (C=O) groups excluding carboxylic acids is 1. The van der Waals surface area contributed by atoms with Crippen molar-refractivity contribution < 1.29 is 17.9 Å². The zero-order valence-electron chi connectivity index (χ0n) is 12.4. The summed E-state index contributed by atoms with van der Waals surface area (Å²) >= 11 is 1.35. The maximum absolute atomic E-state index is 11.5. The molecule has 0 radical (unpaired) electrons. The van der Waals surface area contributed by atoms with Crippen LogP contribution >= 0.6 is 11.3 Å². The summed E-state index contributed by atoms with van der Waals surface area (Å²) < 4.78 is 28.6. The maximum atomic E-state index is 11.5. The van der Waals surface area contributed by atoms with Gasteiger partial charge in [0.05, 0.1) is 10.6 Å². The monoisotopic (exact) mass is 340 g/mol. The topological polar surface area (TPSA) is 76.6 Å². The molecule has 0 saturated heterocycles. The van der Waals surface area contributed by atoms with Gasteiger partial charge in [-0.3, -0.25) is 9.69 Å². The van der Waals surface area contributed by atoms with Gasteiger partial charge >= 0.3 is 0 Å². The summed E-state index contributed by atoms with van der Waals surface area (Å²) in [6.07, 6.45) is 1.15. The van der Waals surface area contributed by atoms with Crippen LogP contribution < -0.4 is 9.64 Å². The van der Waals surface area contributed by atoms with Crippen LogP contribution in [0.5, 0.6) is 5.75 Å². The number of anilines is 1. The Bertz CT molecular complexity index is 784. The minimum atomic E-state index is -3.26. The summed E-state index contributed by atoms with van der Waals surface area (Å²) in [4.78, 5) is 17.2. The van der Waals surface area contributed by atoms with Crippen LogP contribution in [0.3, 0.4) is 0 Å². The van der Waals surface area contributed by atoms with Crippen LogP contribution in [0, 0.1) is 0 Å². The molecule has 0 unspecified atom stereocenters. The number of amides is 1. The average molecular weight is 340 g/mol. The van der Waals surface area contributed by atoms with Crippen molar-refractivity contribution in [1.82, 2.24) is 4.98 Å². The third-order valence-corrected chi connectivity index (χ3v) is 5.00. The second-order valence-electron chi connectivity index (χ2n) is 4.74. The summed E-state index contributed by atoms with van der Waals surface area (Å²) in [6.45, 7) is 1.67. The smallest absolute Gasteiger partial charge is 0.225 e. The third-order valence-electron chi connectivity index (χ3n) is 2.92. The maximum Gasteiger partial charge on any atom is 0.225 e. The highest BCUT2D eigenvalue weighted by Gasteiger charge is 2.11. The Morgan fingerprint density at radius 1 is 1.41 bits per heavy atom. The Kier molecular flexibility index (Phi) is 4.82. The molecule has 6 nitrogen and oxygen atoms in total. The van der Waals surface area contributed by atoms with Crippen molar-refractivity contribution in [3.8, 4) is 5.75 Å². The van der Waals surface area contributed by atoms with Gasteiger partial charge in [-0.2, -0.15) is 0 Å². The molecule has 2 aromatic rings. The van der Waals surface area contributed by atoms with E-state index in [1.807, 2.05) is 0 Å². The van der Waals surface area contributed by atoms with E-state index in [9.17, 15) is 13.2 Å². The summed E-state index contributed by atoms with van der Waals surface area (Å²) in [6, 6.07) is 6.31. The number of hydrogen-bond donors (Lipinski definition) is 0. The van der Waals surface area contributed by atoms with E-state index in [1.165, 1.54) is 35.3 Å². The van der Waals surface area contributed by atoms with Crippen molar-refractivity contribution in [2.45, 2.75) is 18.4 Å². The van der Waals surface area contributed by atoms with E-state index in [0.717, 1.165) is 6.26 Å². The number of rotatable bonds is 5. The lowest BCUT2D eigenvalue weighted by atomic mass is 10.3. The standard InChI is InChI=1S/C14H16N2O4S2/c1-10(17)16(2)14-15-11(9-21-14)8-20-12-5-4-6-13(7-12)22(3,18)19/h4-7,9H,8H2,1-3H3. The van der Waals surface area contributed by atoms with Gasteiger partial charge in [-0.25, -0.2) is 13.4 Å². The van der Waals surface area contributed by atoms with Crippen molar-refractivity contribution in [1.29, 1.82) is 0 Å². The number of ether oxygens (including phenoxy) is 1. The van der Waals surface area contributed by atoms with E-state index in [-0.39, 0.29) is 17.4 Å². The second-order valence-corrected chi connectivity index (χ2v) is 7.59. The van der Waals surface area contributed by atoms with Crippen LogP contribution in [-0.2, 0) is 21.2 Å². The average Bonchev–Trinajstić information content (AvgIpc) is 2.92. The molecule has 22 heavy (non-hydrogen) atoms. The fraction of sp³-hybridized carbons (Fsp3) is 0.286. The predicted molar refractivity (Wildman–Crippen MR) is 85.1 cm³/mol. The molecule has 1 aromatic carbocycles. The number of thiazole rings is 1. The molecule has 0 aliphatic carbocycles. The van der Waals surface area contributed by atoms with Gasteiger partial charge in [0.15, 0.2) is 15.0 Å². The Balaban J connectivity index is 2.06. The zero-order chi connectivity index (χ0) is 16.3.